The lowest BCUT2D eigenvalue weighted by molar-refractivity contribution is -0.461. The molecule has 1 nitrogen and oxygen atoms in total. The molecule has 0 saturated heterocycles. The summed E-state index contributed by atoms with van der Waals surface area (Å²) >= 11 is 0. The maximum Gasteiger partial charge on any atom is 0.227 e. The molecule has 0 amide bonds. The fourth-order valence-electron chi connectivity index (χ4n) is 0.637. The summed E-state index contributed by atoms with van der Waals surface area (Å²) in [6.45, 7) is -0.284. The number of unbranched alkanes of at least 4 members (excludes halogenated alkanes) is 2. The van der Waals surface area contributed by atoms with Crippen molar-refractivity contribution in [1.29, 1.82) is 0 Å². The third-order valence-electron chi connectivity index (χ3n) is 1.15. The van der Waals surface area contributed by atoms with Gasteiger partial charge in [-0.1, -0.05) is 6.42 Å². The van der Waals surface area contributed by atoms with Crippen molar-refractivity contribution in [3.05, 3.63) is 0 Å². The summed E-state index contributed by atoms with van der Waals surface area (Å²) in [6.07, 6.45) is 1.61. The average Bonchev–Trinajstić information content (AvgIpc) is 1.80. The van der Waals surface area contributed by atoms with E-state index in [1.165, 1.54) is 0 Å². The summed E-state index contributed by atoms with van der Waals surface area (Å²) in [6, 6.07) is 0. The summed E-state index contributed by atoms with van der Waals surface area (Å²) in [4.78, 5) is 0. The quantitative estimate of drug-likeness (QED) is 0.434. The Hall–Kier alpha value is -0.180. The molecule has 0 bridgehead atoms. The zero-order chi connectivity index (χ0) is 7.11. The van der Waals surface area contributed by atoms with Crippen molar-refractivity contribution >= 4 is 0 Å². The van der Waals surface area contributed by atoms with Crippen molar-refractivity contribution in [3.8, 4) is 0 Å². The van der Waals surface area contributed by atoms with Crippen LogP contribution in [0.5, 0.6) is 0 Å². The van der Waals surface area contributed by atoms with Crippen molar-refractivity contribution in [2.75, 3.05) is 6.67 Å². The maximum atomic E-state index is 11.9. The van der Waals surface area contributed by atoms with E-state index in [9.17, 15) is 8.78 Å². The Bertz CT molecular complexity index is 57.0. The Morgan fingerprint density at radius 2 is 1.89 bits per heavy atom. The molecular weight excluding hydrogens is 124 g/mol. The van der Waals surface area contributed by atoms with Gasteiger partial charge in [-0.2, -0.15) is 4.39 Å². The van der Waals surface area contributed by atoms with Gasteiger partial charge < -0.3 is 5.73 Å². The van der Waals surface area contributed by atoms with E-state index in [0.717, 1.165) is 12.8 Å². The van der Waals surface area contributed by atoms with Crippen molar-refractivity contribution in [1.82, 2.24) is 0 Å². The van der Waals surface area contributed by atoms with Gasteiger partial charge in [-0.25, -0.2) is 0 Å². The fourth-order valence-corrected chi connectivity index (χ4v) is 0.637. The number of hydrogen-bond donors (Lipinski definition) is 1. The first kappa shape index (κ1) is 8.82. The van der Waals surface area contributed by atoms with E-state index in [-0.39, 0.29) is 6.67 Å². The van der Waals surface area contributed by atoms with Crippen LogP contribution in [0.2, 0.25) is 0 Å². The normalized spacial score (nSPS) is 13.7. The second kappa shape index (κ2) is 5.95. The van der Waals surface area contributed by atoms with Crippen LogP contribution in [0.4, 0.5) is 8.78 Å². The van der Waals surface area contributed by atoms with Crippen LogP contribution in [-0.2, 0) is 0 Å². The van der Waals surface area contributed by atoms with Crippen molar-refractivity contribution in [2.24, 2.45) is 0 Å². The van der Waals surface area contributed by atoms with Gasteiger partial charge in [-0.05, 0) is 12.8 Å². The molecule has 1 unspecified atom stereocenters. The van der Waals surface area contributed by atoms with Gasteiger partial charge in [0.1, 0.15) is 0 Å². The minimum atomic E-state index is -0.968. The lowest BCUT2D eigenvalue weighted by atomic mass is 10.2. The van der Waals surface area contributed by atoms with Gasteiger partial charge in [0.15, 0.2) is 0 Å². The molecule has 0 aliphatic rings. The van der Waals surface area contributed by atoms with Gasteiger partial charge in [-0.15, -0.1) is 0 Å². The molecule has 0 saturated carbocycles. The van der Waals surface area contributed by atoms with E-state index >= 15 is 0 Å². The molecule has 9 heavy (non-hydrogen) atoms. The average molecular weight is 138 g/mol. The second-order valence-electron chi connectivity index (χ2n) is 2.14. The highest BCUT2D eigenvalue weighted by molar-refractivity contribution is 4.42. The predicted octanol–water partition coefficient (Wildman–Crippen LogP) is 1.05. The van der Waals surface area contributed by atoms with Crippen LogP contribution in [0.25, 0.3) is 0 Å². The Morgan fingerprint density at radius 1 is 1.22 bits per heavy atom. The molecule has 3 heteroatoms. The monoisotopic (exact) mass is 138 g/mol. The van der Waals surface area contributed by atoms with Gasteiger partial charge in [0.05, 0.1) is 6.67 Å². The summed E-state index contributed by atoms with van der Waals surface area (Å²) in [5.74, 6) is 0. The van der Waals surface area contributed by atoms with Crippen molar-refractivity contribution in [3.63, 3.8) is 0 Å². The summed E-state index contributed by atoms with van der Waals surface area (Å²) in [5, 5.41) is 0. The molecule has 3 N–H and O–H groups in total. The third-order valence-corrected chi connectivity index (χ3v) is 1.15. The molecule has 56 valence electrons. The van der Waals surface area contributed by atoms with Gasteiger partial charge in [0.2, 0.25) is 6.30 Å². The minimum absolute atomic E-state index is 0.284. The number of halogens is 2. The number of hydrogen-bond acceptors (Lipinski definition) is 0. The highest BCUT2D eigenvalue weighted by Crippen LogP contribution is 2.01. The Kier molecular flexibility index (Phi) is 5.83. The predicted molar refractivity (Wildman–Crippen MR) is 32.2 cm³/mol. The topological polar surface area (TPSA) is 27.6 Å². The minimum Gasteiger partial charge on any atom is -0.329 e. The molecule has 0 fully saturated rings. The van der Waals surface area contributed by atoms with Crippen LogP contribution in [0.1, 0.15) is 25.7 Å². The molecule has 0 aromatic rings. The molecule has 0 aromatic heterocycles. The molecule has 0 aliphatic heterocycles. The fraction of sp³-hybridized carbons (Fsp3) is 1.00. The van der Waals surface area contributed by atoms with E-state index in [1.54, 1.807) is 0 Å². The van der Waals surface area contributed by atoms with Gasteiger partial charge in [0.25, 0.3) is 0 Å². The van der Waals surface area contributed by atoms with E-state index in [2.05, 4.69) is 5.73 Å². The van der Waals surface area contributed by atoms with Crippen LogP contribution in [-0.4, -0.2) is 13.0 Å². The molecule has 0 spiro atoms. The zero-order valence-electron chi connectivity index (χ0n) is 5.58. The summed E-state index contributed by atoms with van der Waals surface area (Å²) < 4.78 is 23.3. The standard InChI is InChI=1S/C6H13F2N/c7-5-3-1-2-4-6(8)9/h6H,1-5,9H2/p+1. The summed E-state index contributed by atoms with van der Waals surface area (Å²) in [5.41, 5.74) is 3.18. The summed E-state index contributed by atoms with van der Waals surface area (Å²) in [7, 11) is 0. The number of alkyl halides is 2. The molecule has 0 aromatic carbocycles. The van der Waals surface area contributed by atoms with Gasteiger partial charge in [0, 0.05) is 6.42 Å². The maximum absolute atomic E-state index is 11.9. The molecule has 0 heterocycles. The molecule has 1 atom stereocenters. The van der Waals surface area contributed by atoms with Crippen molar-refractivity contribution < 1.29 is 14.5 Å². The van der Waals surface area contributed by atoms with Gasteiger partial charge in [-0.3, -0.25) is 4.39 Å². The first-order chi connectivity index (χ1) is 4.27. The Morgan fingerprint density at radius 3 is 2.33 bits per heavy atom. The highest BCUT2D eigenvalue weighted by Gasteiger charge is 1.99. The van der Waals surface area contributed by atoms with Crippen LogP contribution in [0, 0.1) is 0 Å². The van der Waals surface area contributed by atoms with E-state index in [0.29, 0.717) is 12.8 Å². The SMILES string of the molecule is [NH3+]C(F)CCCCCF. The zero-order valence-corrected chi connectivity index (χ0v) is 5.58. The highest BCUT2D eigenvalue weighted by atomic mass is 19.1. The van der Waals surface area contributed by atoms with E-state index in [1.807, 2.05) is 0 Å². The first-order valence-electron chi connectivity index (χ1n) is 3.30. The number of quaternary nitrogens is 1. The first-order valence-corrected chi connectivity index (χ1v) is 3.30. The largest absolute Gasteiger partial charge is 0.329 e. The molecule has 0 aliphatic carbocycles. The Balaban J connectivity index is 2.75. The molecule has 0 rings (SSSR count). The third kappa shape index (κ3) is 7.82. The van der Waals surface area contributed by atoms with Crippen LogP contribution < -0.4 is 5.73 Å². The number of rotatable bonds is 5. The molecular formula is C6H14F2N+. The lowest BCUT2D eigenvalue weighted by Gasteiger charge is -1.96. The lowest BCUT2D eigenvalue weighted by Crippen LogP contribution is -2.57. The van der Waals surface area contributed by atoms with Gasteiger partial charge >= 0.3 is 0 Å². The van der Waals surface area contributed by atoms with Crippen LogP contribution >= 0.6 is 0 Å². The smallest absolute Gasteiger partial charge is 0.227 e. The second-order valence-corrected chi connectivity index (χ2v) is 2.14. The van der Waals surface area contributed by atoms with Crippen molar-refractivity contribution in [2.45, 2.75) is 32.0 Å². The van der Waals surface area contributed by atoms with E-state index < -0.39 is 6.30 Å². The molecule has 0 radical (unpaired) electrons. The van der Waals surface area contributed by atoms with E-state index in [4.69, 9.17) is 0 Å². The Labute approximate surface area is 54.2 Å². The van der Waals surface area contributed by atoms with Crippen LogP contribution in [0.15, 0.2) is 0 Å². The van der Waals surface area contributed by atoms with Crippen LogP contribution in [0.3, 0.4) is 0 Å².